The fourth-order valence-electron chi connectivity index (χ4n) is 4.05. The quantitative estimate of drug-likeness (QED) is 0.339. The third-order valence-electron chi connectivity index (χ3n) is 5.54. The number of hydrogen-bond acceptors (Lipinski definition) is 5. The molecule has 0 aliphatic rings. The van der Waals surface area contributed by atoms with Crippen LogP contribution in [0, 0.1) is 0 Å². The first-order valence-corrected chi connectivity index (χ1v) is 12.1. The average molecular weight is 522 g/mol. The van der Waals surface area contributed by atoms with Crippen LogP contribution in [0.25, 0.3) is 21.8 Å². The summed E-state index contributed by atoms with van der Waals surface area (Å²) in [4.78, 5) is 12.3. The second-order valence-electron chi connectivity index (χ2n) is 7.98. The topological polar surface area (TPSA) is 113 Å². The Morgan fingerprint density at radius 3 is 2.36 bits per heavy atom. The van der Waals surface area contributed by atoms with Crippen LogP contribution in [-0.2, 0) is 16.6 Å². The molecule has 1 amide bonds. The summed E-state index contributed by atoms with van der Waals surface area (Å²) in [6, 6.07) is 17.5. The molecule has 3 N–H and O–H groups in total. The Balaban J connectivity index is 1.96. The molecule has 36 heavy (non-hydrogen) atoms. The second-order valence-corrected chi connectivity index (χ2v) is 9.69. The van der Waals surface area contributed by atoms with Gasteiger partial charge in [-0.3, -0.25) is 4.79 Å². The smallest absolute Gasteiger partial charge is 0.497 e. The lowest BCUT2D eigenvalue weighted by Crippen LogP contribution is -2.43. The van der Waals surface area contributed by atoms with Crippen LogP contribution in [0.5, 0.6) is 11.5 Å². The highest BCUT2D eigenvalue weighted by atomic mass is 32.2. The lowest BCUT2D eigenvalue weighted by molar-refractivity contribution is -0.0460. The molecule has 1 heterocycles. The minimum absolute atomic E-state index is 0.00670. The van der Waals surface area contributed by atoms with Crippen molar-refractivity contribution in [3.63, 3.8) is 0 Å². The molecule has 0 saturated carbocycles. The van der Waals surface area contributed by atoms with E-state index in [0.717, 1.165) is 12.5 Å². The number of nitrogens with zero attached hydrogens (tertiary/aromatic N) is 1. The molecule has 4 rings (SSSR count). The van der Waals surface area contributed by atoms with Crippen LogP contribution in [0.15, 0.2) is 60.7 Å². The molecule has 1 aromatic heterocycles. The number of carbonyl (C=O) groups is 1. The lowest BCUT2D eigenvalue weighted by Gasteiger charge is -2.19. The number of methoxy groups -OCH3 is 1. The zero-order chi connectivity index (χ0) is 26.3. The first-order chi connectivity index (χ1) is 16.9. The Morgan fingerprint density at radius 2 is 1.75 bits per heavy atom. The predicted octanol–water partition coefficient (Wildman–Crippen LogP) is 4.11. The zero-order valence-electron chi connectivity index (χ0n) is 19.2. The maximum absolute atomic E-state index is 12.9. The molecular weight excluding hydrogens is 499 g/mol. The van der Waals surface area contributed by atoms with Crippen molar-refractivity contribution < 1.29 is 35.9 Å². The van der Waals surface area contributed by atoms with Crippen molar-refractivity contribution in [2.45, 2.75) is 25.2 Å². The van der Waals surface area contributed by atoms with Crippen LogP contribution in [0.2, 0.25) is 0 Å². The molecule has 1 unspecified atom stereocenters. The number of amides is 1. The summed E-state index contributed by atoms with van der Waals surface area (Å²) in [6.07, 6.45) is -1.61. The minimum atomic E-state index is -5.67. The van der Waals surface area contributed by atoms with Gasteiger partial charge in [0.15, 0.2) is 6.23 Å². The van der Waals surface area contributed by atoms with E-state index < -0.39 is 27.7 Å². The van der Waals surface area contributed by atoms with Crippen LogP contribution in [0.4, 0.5) is 13.2 Å². The fraction of sp³-hybridized carbons (Fsp3) is 0.208. The van der Waals surface area contributed by atoms with E-state index in [1.807, 2.05) is 34.9 Å². The van der Waals surface area contributed by atoms with Crippen LogP contribution in [0.1, 0.15) is 22.8 Å². The lowest BCUT2D eigenvalue weighted by atomic mass is 10.0. The summed E-state index contributed by atoms with van der Waals surface area (Å²) in [7, 11) is -4.27. The van der Waals surface area contributed by atoms with Gasteiger partial charge >= 0.3 is 15.5 Å². The van der Waals surface area contributed by atoms with E-state index >= 15 is 0 Å². The molecule has 190 valence electrons. The third-order valence-corrected chi connectivity index (χ3v) is 6.79. The predicted molar refractivity (Wildman–Crippen MR) is 128 cm³/mol. The first kappa shape index (κ1) is 25.3. The van der Waals surface area contributed by atoms with Crippen LogP contribution < -0.4 is 19.9 Å². The van der Waals surface area contributed by atoms with Gasteiger partial charge in [0.05, 0.1) is 23.5 Å². The Bertz CT molecular complexity index is 1550. The SMILES string of the molecule is COc1cc(OC(C)NS(=O)(=O)C(F)(F)F)c2c3c(C(N)=O)cccc3n(Cc3ccccc3)c2c1. The van der Waals surface area contributed by atoms with Gasteiger partial charge in [0.25, 0.3) is 0 Å². The van der Waals surface area contributed by atoms with Crippen molar-refractivity contribution in [1.29, 1.82) is 0 Å². The average Bonchev–Trinajstić information content (AvgIpc) is 3.12. The number of aromatic nitrogens is 1. The van der Waals surface area contributed by atoms with Gasteiger partial charge in [0.1, 0.15) is 11.5 Å². The number of rotatable bonds is 8. The van der Waals surface area contributed by atoms with E-state index in [1.54, 1.807) is 18.2 Å². The molecular formula is C24H22F3N3O5S. The molecule has 0 aliphatic carbocycles. The summed E-state index contributed by atoms with van der Waals surface area (Å²) < 4.78 is 76.3. The normalized spacial score (nSPS) is 13.1. The van der Waals surface area contributed by atoms with E-state index in [9.17, 15) is 26.4 Å². The Kier molecular flexibility index (Phi) is 6.58. The van der Waals surface area contributed by atoms with Crippen molar-refractivity contribution in [3.8, 4) is 11.5 Å². The number of alkyl halides is 3. The Hall–Kier alpha value is -3.77. The Labute approximate surface area is 204 Å². The number of primary amides is 1. The number of nitrogens with two attached hydrogens (primary N) is 1. The van der Waals surface area contributed by atoms with Gasteiger partial charge in [0, 0.05) is 29.6 Å². The molecule has 0 radical (unpaired) electrons. The summed E-state index contributed by atoms with van der Waals surface area (Å²) in [5.74, 6) is -0.402. The fourth-order valence-corrected chi connectivity index (χ4v) is 4.67. The molecule has 4 aromatic rings. The number of halogens is 3. The highest BCUT2D eigenvalue weighted by Gasteiger charge is 2.46. The third kappa shape index (κ3) is 4.69. The van der Waals surface area contributed by atoms with Crippen molar-refractivity contribution >= 4 is 37.7 Å². The van der Waals surface area contributed by atoms with E-state index in [4.69, 9.17) is 15.2 Å². The molecule has 0 spiro atoms. The summed E-state index contributed by atoms with van der Waals surface area (Å²) in [5, 5.41) is 0.786. The number of hydrogen-bond donors (Lipinski definition) is 2. The van der Waals surface area contributed by atoms with Gasteiger partial charge < -0.3 is 19.8 Å². The second kappa shape index (κ2) is 9.36. The van der Waals surface area contributed by atoms with E-state index in [1.165, 1.54) is 24.0 Å². The van der Waals surface area contributed by atoms with E-state index in [2.05, 4.69) is 0 Å². The largest absolute Gasteiger partial charge is 0.511 e. The van der Waals surface area contributed by atoms with Gasteiger partial charge in [-0.15, -0.1) is 0 Å². The van der Waals surface area contributed by atoms with Gasteiger partial charge in [0.2, 0.25) is 5.91 Å². The molecule has 1 atom stereocenters. The van der Waals surface area contributed by atoms with Gasteiger partial charge in [-0.05, 0) is 24.6 Å². The molecule has 12 heteroatoms. The van der Waals surface area contributed by atoms with Crippen molar-refractivity contribution in [2.24, 2.45) is 5.73 Å². The zero-order valence-corrected chi connectivity index (χ0v) is 20.0. The Morgan fingerprint density at radius 1 is 1.06 bits per heavy atom. The van der Waals surface area contributed by atoms with E-state index in [0.29, 0.717) is 34.1 Å². The molecule has 0 aliphatic heterocycles. The van der Waals surface area contributed by atoms with Gasteiger partial charge in [-0.2, -0.15) is 17.9 Å². The number of fused-ring (bicyclic) bond motifs is 3. The van der Waals surface area contributed by atoms with Crippen LogP contribution in [0.3, 0.4) is 0 Å². The summed E-state index contributed by atoms with van der Waals surface area (Å²) in [6.45, 7) is 1.50. The molecule has 0 bridgehead atoms. The van der Waals surface area contributed by atoms with Crippen molar-refractivity contribution in [1.82, 2.24) is 9.29 Å². The molecule has 8 nitrogen and oxygen atoms in total. The van der Waals surface area contributed by atoms with Gasteiger partial charge in [-0.25, -0.2) is 8.42 Å². The number of ether oxygens (including phenoxy) is 2. The number of carbonyl (C=O) groups excluding carboxylic acids is 1. The summed E-state index contributed by atoms with van der Waals surface area (Å²) in [5.41, 5.74) is 2.40. The van der Waals surface area contributed by atoms with Gasteiger partial charge in [-0.1, -0.05) is 36.4 Å². The molecule has 0 saturated heterocycles. The minimum Gasteiger partial charge on any atom is -0.497 e. The number of benzene rings is 3. The maximum atomic E-state index is 12.9. The van der Waals surface area contributed by atoms with Crippen LogP contribution >= 0.6 is 0 Å². The monoisotopic (exact) mass is 521 g/mol. The standard InChI is InChI=1S/C24H22F3N3O5S/c1-14(29-36(32,33)24(25,26)27)35-20-12-16(34-2)11-19-22(20)21-17(23(28)31)9-6-10-18(21)30(19)13-15-7-4-3-5-8-15/h3-12,14,29H,13H2,1-2H3,(H2,28,31). The number of sulfonamides is 1. The van der Waals surface area contributed by atoms with E-state index in [-0.39, 0.29) is 11.3 Å². The highest BCUT2D eigenvalue weighted by molar-refractivity contribution is 7.90. The molecule has 3 aromatic carbocycles. The molecule has 0 fully saturated rings. The first-order valence-electron chi connectivity index (χ1n) is 10.6. The van der Waals surface area contributed by atoms with Crippen LogP contribution in [-0.4, -0.2) is 37.7 Å². The summed E-state index contributed by atoms with van der Waals surface area (Å²) >= 11 is 0. The highest BCUT2D eigenvalue weighted by Crippen LogP contribution is 2.41. The van der Waals surface area contributed by atoms with Crippen molar-refractivity contribution in [3.05, 3.63) is 71.8 Å². The maximum Gasteiger partial charge on any atom is 0.511 e. The number of nitrogens with one attached hydrogen (secondary N) is 1. The van der Waals surface area contributed by atoms with Crippen molar-refractivity contribution in [2.75, 3.05) is 7.11 Å².